The average molecular weight is 429 g/mol. The first-order chi connectivity index (χ1) is 14.0. The van der Waals surface area contributed by atoms with E-state index in [0.29, 0.717) is 22.1 Å². The van der Waals surface area contributed by atoms with Gasteiger partial charge in [0.1, 0.15) is 28.1 Å². The molecule has 4 rings (SSSR count). The van der Waals surface area contributed by atoms with Crippen LogP contribution in [-0.2, 0) is 6.61 Å². The Hall–Kier alpha value is -2.38. The summed E-state index contributed by atoms with van der Waals surface area (Å²) >= 11 is 2.84. The molecule has 150 valence electrons. The van der Waals surface area contributed by atoms with Gasteiger partial charge in [-0.3, -0.25) is 4.79 Å². The maximum atomic E-state index is 14.1. The predicted octanol–water partition coefficient (Wildman–Crippen LogP) is 5.44. The van der Waals surface area contributed by atoms with E-state index in [-0.39, 0.29) is 17.8 Å². The summed E-state index contributed by atoms with van der Waals surface area (Å²) < 4.78 is 19.8. The summed E-state index contributed by atoms with van der Waals surface area (Å²) in [5, 5.41) is 3.81. The summed E-state index contributed by atoms with van der Waals surface area (Å²) in [5.74, 6) is 1.15. The SMILES string of the molecule is Cc1ccc(OCc2nc(C)c(C(=O)NC3CCSc4c(F)cccc43)s2)cc1. The smallest absolute Gasteiger partial charge is 0.263 e. The molecule has 0 bridgehead atoms. The van der Waals surface area contributed by atoms with Gasteiger partial charge in [0.15, 0.2) is 0 Å². The van der Waals surface area contributed by atoms with Crippen LogP contribution in [0.15, 0.2) is 47.4 Å². The minimum atomic E-state index is -0.226. The molecule has 0 saturated heterocycles. The fourth-order valence-corrected chi connectivity index (χ4v) is 5.29. The van der Waals surface area contributed by atoms with Crippen molar-refractivity contribution in [3.63, 3.8) is 0 Å². The van der Waals surface area contributed by atoms with Crippen molar-refractivity contribution >= 4 is 29.0 Å². The molecule has 1 N–H and O–H groups in total. The van der Waals surface area contributed by atoms with Crippen molar-refractivity contribution in [1.82, 2.24) is 10.3 Å². The summed E-state index contributed by atoms with van der Waals surface area (Å²) in [4.78, 5) is 18.6. The zero-order chi connectivity index (χ0) is 20.4. The molecule has 2 aromatic carbocycles. The Bertz CT molecular complexity index is 1030. The second-order valence-electron chi connectivity index (χ2n) is 6.95. The van der Waals surface area contributed by atoms with Crippen LogP contribution < -0.4 is 10.1 Å². The van der Waals surface area contributed by atoms with E-state index >= 15 is 0 Å². The van der Waals surface area contributed by atoms with Gasteiger partial charge in [-0.25, -0.2) is 9.37 Å². The predicted molar refractivity (Wildman–Crippen MR) is 114 cm³/mol. The van der Waals surface area contributed by atoms with Crippen LogP contribution in [0.4, 0.5) is 4.39 Å². The number of ether oxygens (including phenoxy) is 1. The monoisotopic (exact) mass is 428 g/mol. The zero-order valence-corrected chi connectivity index (χ0v) is 17.8. The number of nitrogens with one attached hydrogen (secondary N) is 1. The van der Waals surface area contributed by atoms with Crippen LogP contribution in [0.2, 0.25) is 0 Å². The van der Waals surface area contributed by atoms with Crippen LogP contribution in [0.25, 0.3) is 0 Å². The Labute approximate surface area is 177 Å². The van der Waals surface area contributed by atoms with Crippen molar-refractivity contribution in [2.45, 2.75) is 37.8 Å². The number of benzene rings is 2. The minimum absolute atomic E-state index is 0.173. The van der Waals surface area contributed by atoms with Gasteiger partial charge in [-0.1, -0.05) is 29.8 Å². The second kappa shape index (κ2) is 8.55. The Morgan fingerprint density at radius 1 is 1.24 bits per heavy atom. The Balaban J connectivity index is 1.45. The van der Waals surface area contributed by atoms with E-state index in [1.165, 1.54) is 34.7 Å². The van der Waals surface area contributed by atoms with E-state index in [0.717, 1.165) is 28.5 Å². The molecule has 4 nitrogen and oxygen atoms in total. The first-order valence-electron chi connectivity index (χ1n) is 9.39. The van der Waals surface area contributed by atoms with E-state index in [1.54, 1.807) is 6.07 Å². The lowest BCUT2D eigenvalue weighted by atomic mass is 10.0. The lowest BCUT2D eigenvalue weighted by Crippen LogP contribution is -2.30. The van der Waals surface area contributed by atoms with Gasteiger partial charge in [0.25, 0.3) is 5.91 Å². The Morgan fingerprint density at radius 3 is 2.83 bits per heavy atom. The summed E-state index contributed by atoms with van der Waals surface area (Å²) in [6.45, 7) is 4.16. The normalized spacial score (nSPS) is 15.6. The average Bonchev–Trinajstić information content (AvgIpc) is 3.09. The summed E-state index contributed by atoms with van der Waals surface area (Å²) in [5.41, 5.74) is 2.70. The first kappa shape index (κ1) is 19.9. The van der Waals surface area contributed by atoms with Gasteiger partial charge in [-0.15, -0.1) is 23.1 Å². The van der Waals surface area contributed by atoms with Crippen LogP contribution in [0.1, 0.15) is 44.0 Å². The summed E-state index contributed by atoms with van der Waals surface area (Å²) in [7, 11) is 0. The van der Waals surface area contributed by atoms with Crippen molar-refractivity contribution in [3.8, 4) is 5.75 Å². The number of amides is 1. The first-order valence-corrected chi connectivity index (χ1v) is 11.2. The van der Waals surface area contributed by atoms with E-state index in [1.807, 2.05) is 44.2 Å². The fourth-order valence-electron chi connectivity index (χ4n) is 3.26. The number of hydrogen-bond acceptors (Lipinski definition) is 5. The highest BCUT2D eigenvalue weighted by Gasteiger charge is 2.26. The molecule has 0 radical (unpaired) electrons. The highest BCUT2D eigenvalue weighted by atomic mass is 32.2. The number of thiazole rings is 1. The molecule has 2 heterocycles. The topological polar surface area (TPSA) is 51.2 Å². The highest BCUT2D eigenvalue weighted by molar-refractivity contribution is 7.99. The van der Waals surface area contributed by atoms with E-state index in [2.05, 4.69) is 10.3 Å². The molecule has 1 aliphatic heterocycles. The van der Waals surface area contributed by atoms with Gasteiger partial charge in [-0.2, -0.15) is 0 Å². The van der Waals surface area contributed by atoms with Crippen molar-refractivity contribution in [1.29, 1.82) is 0 Å². The number of halogens is 1. The Kier molecular flexibility index (Phi) is 5.87. The molecule has 0 spiro atoms. The number of fused-ring (bicyclic) bond motifs is 1. The van der Waals surface area contributed by atoms with Crippen molar-refractivity contribution in [2.75, 3.05) is 5.75 Å². The van der Waals surface area contributed by atoms with Gasteiger partial charge in [0.05, 0.1) is 11.7 Å². The van der Waals surface area contributed by atoms with E-state index < -0.39 is 0 Å². The third-order valence-corrected chi connectivity index (χ3v) is 7.05. The van der Waals surface area contributed by atoms with Gasteiger partial charge in [-0.05, 0) is 44.0 Å². The molecule has 1 amide bonds. The van der Waals surface area contributed by atoms with Gasteiger partial charge >= 0.3 is 0 Å². The number of aromatic nitrogens is 1. The largest absolute Gasteiger partial charge is 0.486 e. The summed E-state index contributed by atoms with van der Waals surface area (Å²) in [6, 6.07) is 12.7. The molecule has 0 aliphatic carbocycles. The van der Waals surface area contributed by atoms with Crippen molar-refractivity contribution in [3.05, 3.63) is 75.0 Å². The second-order valence-corrected chi connectivity index (χ2v) is 9.13. The molecule has 7 heteroatoms. The number of thioether (sulfide) groups is 1. The minimum Gasteiger partial charge on any atom is -0.486 e. The van der Waals surface area contributed by atoms with Crippen LogP contribution in [0.3, 0.4) is 0 Å². The van der Waals surface area contributed by atoms with Crippen LogP contribution in [-0.4, -0.2) is 16.6 Å². The third-order valence-electron chi connectivity index (χ3n) is 4.76. The fraction of sp³-hybridized carbons (Fsp3) is 0.273. The lowest BCUT2D eigenvalue weighted by molar-refractivity contribution is 0.0938. The molecule has 29 heavy (non-hydrogen) atoms. The van der Waals surface area contributed by atoms with Gasteiger partial charge in [0.2, 0.25) is 0 Å². The molecule has 3 aromatic rings. The van der Waals surface area contributed by atoms with E-state index in [4.69, 9.17) is 4.74 Å². The van der Waals surface area contributed by atoms with Crippen molar-refractivity contribution < 1.29 is 13.9 Å². The number of nitrogens with zero attached hydrogens (tertiary/aromatic N) is 1. The number of rotatable bonds is 5. The molecule has 0 fully saturated rings. The summed E-state index contributed by atoms with van der Waals surface area (Å²) in [6.07, 6.45) is 0.772. The lowest BCUT2D eigenvalue weighted by Gasteiger charge is -2.26. The standard InChI is InChI=1S/C22H21FN2O2S2/c1-13-6-8-15(9-7-13)27-12-19-24-14(2)20(29-19)22(26)25-18-10-11-28-21-16(18)4-3-5-17(21)23/h3-9,18H,10-12H2,1-2H3,(H,25,26). The maximum Gasteiger partial charge on any atom is 0.263 e. The van der Waals surface area contributed by atoms with E-state index in [9.17, 15) is 9.18 Å². The molecule has 1 atom stereocenters. The van der Waals surface area contributed by atoms with Crippen LogP contribution in [0, 0.1) is 19.7 Å². The van der Waals surface area contributed by atoms with Gasteiger partial charge < -0.3 is 10.1 Å². The van der Waals surface area contributed by atoms with Gasteiger partial charge in [0, 0.05) is 10.6 Å². The molecule has 0 saturated carbocycles. The van der Waals surface area contributed by atoms with Crippen molar-refractivity contribution in [2.24, 2.45) is 0 Å². The molecule has 1 unspecified atom stereocenters. The molecular formula is C22H21FN2O2S2. The molecular weight excluding hydrogens is 407 g/mol. The van der Waals surface area contributed by atoms with Crippen LogP contribution >= 0.6 is 23.1 Å². The number of carbonyl (C=O) groups excluding carboxylic acids is 1. The molecule has 1 aromatic heterocycles. The molecule has 1 aliphatic rings. The van der Waals surface area contributed by atoms with Crippen LogP contribution in [0.5, 0.6) is 5.75 Å². The number of hydrogen-bond donors (Lipinski definition) is 1. The third kappa shape index (κ3) is 4.46. The zero-order valence-electron chi connectivity index (χ0n) is 16.2. The quantitative estimate of drug-likeness (QED) is 0.588. The maximum absolute atomic E-state index is 14.1. The Morgan fingerprint density at radius 2 is 2.03 bits per heavy atom. The highest BCUT2D eigenvalue weighted by Crippen LogP contribution is 2.38. The number of aryl methyl sites for hydroxylation is 2. The number of carbonyl (C=O) groups is 1.